The lowest BCUT2D eigenvalue weighted by atomic mass is 10.2. The summed E-state index contributed by atoms with van der Waals surface area (Å²) in [5.74, 6) is -0.489. The number of para-hydroxylation sites is 1. The number of rotatable bonds is 5. The fourth-order valence-corrected chi connectivity index (χ4v) is 3.08. The van der Waals surface area contributed by atoms with Crippen LogP contribution in [0.3, 0.4) is 0 Å². The maximum Gasteiger partial charge on any atom is 0.242 e. The predicted molar refractivity (Wildman–Crippen MR) is 86.2 cm³/mol. The van der Waals surface area contributed by atoms with E-state index < -0.39 is 22.5 Å². The zero-order valence-electron chi connectivity index (χ0n) is 12.4. The van der Waals surface area contributed by atoms with Gasteiger partial charge in [-0.05, 0) is 30.7 Å². The summed E-state index contributed by atoms with van der Waals surface area (Å²) in [5.41, 5.74) is 1.52. The number of sulfonamides is 1. The molecule has 1 amide bonds. The van der Waals surface area contributed by atoms with E-state index in [0.717, 1.165) is 5.56 Å². The number of hydrogen-bond donors (Lipinski definition) is 2. The number of nitrogens with zero attached hydrogens (tertiary/aromatic N) is 1. The number of nitrogens with one attached hydrogen (secondary N) is 2. The van der Waals surface area contributed by atoms with E-state index in [0.29, 0.717) is 5.69 Å². The highest BCUT2D eigenvalue weighted by Gasteiger charge is 2.19. The first kappa shape index (κ1) is 16.7. The molecular formula is C16H15N3O3S. The molecule has 0 aliphatic heterocycles. The molecule has 0 atom stereocenters. The van der Waals surface area contributed by atoms with Crippen molar-refractivity contribution < 1.29 is 13.2 Å². The molecule has 0 unspecified atom stereocenters. The van der Waals surface area contributed by atoms with Crippen LogP contribution in [0.15, 0.2) is 53.4 Å². The van der Waals surface area contributed by atoms with Gasteiger partial charge in [-0.25, -0.2) is 13.1 Å². The predicted octanol–water partition coefficient (Wildman–Crippen LogP) is 1.78. The number of benzene rings is 2. The summed E-state index contributed by atoms with van der Waals surface area (Å²) < 4.78 is 26.6. The lowest BCUT2D eigenvalue weighted by Gasteiger charge is -2.10. The summed E-state index contributed by atoms with van der Waals surface area (Å²) in [6.45, 7) is 1.42. The van der Waals surface area contributed by atoms with E-state index in [1.807, 2.05) is 25.1 Å². The summed E-state index contributed by atoms with van der Waals surface area (Å²) in [6, 6.07) is 14.8. The van der Waals surface area contributed by atoms with Crippen LogP contribution in [0.4, 0.5) is 5.69 Å². The minimum absolute atomic E-state index is 0.0271. The van der Waals surface area contributed by atoms with E-state index in [4.69, 9.17) is 5.26 Å². The highest BCUT2D eigenvalue weighted by molar-refractivity contribution is 7.89. The van der Waals surface area contributed by atoms with Crippen molar-refractivity contribution in [3.8, 4) is 6.07 Å². The highest BCUT2D eigenvalue weighted by Crippen LogP contribution is 2.15. The van der Waals surface area contributed by atoms with Gasteiger partial charge in [-0.2, -0.15) is 5.26 Å². The van der Waals surface area contributed by atoms with Gasteiger partial charge >= 0.3 is 0 Å². The van der Waals surface area contributed by atoms with E-state index in [2.05, 4.69) is 10.0 Å². The van der Waals surface area contributed by atoms with E-state index in [1.54, 1.807) is 18.2 Å². The lowest BCUT2D eigenvalue weighted by molar-refractivity contribution is -0.115. The molecule has 2 rings (SSSR count). The third-order valence-electron chi connectivity index (χ3n) is 3.14. The fourth-order valence-electron chi connectivity index (χ4n) is 1.94. The molecule has 6 nitrogen and oxygen atoms in total. The number of carbonyl (C=O) groups excluding carboxylic acids is 1. The van der Waals surface area contributed by atoms with Crippen molar-refractivity contribution in [2.24, 2.45) is 0 Å². The lowest BCUT2D eigenvalue weighted by Crippen LogP contribution is -2.33. The molecule has 23 heavy (non-hydrogen) atoms. The molecule has 0 fully saturated rings. The molecule has 0 radical (unpaired) electrons. The Morgan fingerprint density at radius 3 is 2.48 bits per heavy atom. The van der Waals surface area contributed by atoms with Crippen molar-refractivity contribution in [2.45, 2.75) is 11.8 Å². The zero-order chi connectivity index (χ0) is 16.9. The Labute approximate surface area is 134 Å². The Bertz CT molecular complexity index is 870. The van der Waals surface area contributed by atoms with Gasteiger partial charge < -0.3 is 5.32 Å². The standard InChI is InChI=1S/C16H15N3O3S/c1-12-6-2-4-8-14(12)19-16(20)11-18-23(21,22)15-9-5-3-7-13(15)10-17/h2-9,18H,11H2,1H3,(H,19,20). The number of carbonyl (C=O) groups is 1. The van der Waals surface area contributed by atoms with Crippen molar-refractivity contribution in [2.75, 3.05) is 11.9 Å². The molecule has 118 valence electrons. The zero-order valence-corrected chi connectivity index (χ0v) is 13.2. The van der Waals surface area contributed by atoms with Crippen LogP contribution in [0.2, 0.25) is 0 Å². The molecule has 0 aromatic heterocycles. The minimum Gasteiger partial charge on any atom is -0.325 e. The van der Waals surface area contributed by atoms with Gasteiger partial charge in [0.2, 0.25) is 15.9 Å². The number of anilines is 1. The fraction of sp³-hybridized carbons (Fsp3) is 0.125. The second-order valence-corrected chi connectivity index (χ2v) is 6.53. The molecule has 2 N–H and O–H groups in total. The number of nitriles is 1. The van der Waals surface area contributed by atoms with Crippen LogP contribution in [0.5, 0.6) is 0 Å². The van der Waals surface area contributed by atoms with Gasteiger partial charge in [0, 0.05) is 5.69 Å². The van der Waals surface area contributed by atoms with Crippen LogP contribution >= 0.6 is 0 Å². The quantitative estimate of drug-likeness (QED) is 0.873. The summed E-state index contributed by atoms with van der Waals surface area (Å²) in [4.78, 5) is 11.7. The smallest absolute Gasteiger partial charge is 0.242 e. The molecule has 0 aliphatic rings. The average molecular weight is 329 g/mol. The van der Waals surface area contributed by atoms with Gasteiger partial charge in [-0.15, -0.1) is 0 Å². The summed E-state index contributed by atoms with van der Waals surface area (Å²) >= 11 is 0. The molecule has 0 aliphatic carbocycles. The maximum atomic E-state index is 12.2. The second kappa shape index (κ2) is 7.05. The van der Waals surface area contributed by atoms with Crippen molar-refractivity contribution in [3.05, 3.63) is 59.7 Å². The van der Waals surface area contributed by atoms with Crippen molar-refractivity contribution in [1.29, 1.82) is 5.26 Å². The third kappa shape index (κ3) is 4.16. The van der Waals surface area contributed by atoms with Gasteiger partial charge in [-0.1, -0.05) is 30.3 Å². The highest BCUT2D eigenvalue weighted by atomic mass is 32.2. The van der Waals surface area contributed by atoms with E-state index in [9.17, 15) is 13.2 Å². The molecule has 7 heteroatoms. The molecule has 0 bridgehead atoms. The Morgan fingerprint density at radius 2 is 1.78 bits per heavy atom. The van der Waals surface area contributed by atoms with Crippen LogP contribution in [0, 0.1) is 18.3 Å². The largest absolute Gasteiger partial charge is 0.325 e. The average Bonchev–Trinajstić information content (AvgIpc) is 2.55. The van der Waals surface area contributed by atoms with Crippen LogP contribution in [0.1, 0.15) is 11.1 Å². The van der Waals surface area contributed by atoms with Gasteiger partial charge in [0.1, 0.15) is 6.07 Å². The summed E-state index contributed by atoms with van der Waals surface area (Å²) in [5, 5.41) is 11.6. The van der Waals surface area contributed by atoms with Gasteiger partial charge in [0.05, 0.1) is 17.0 Å². The normalized spacial score (nSPS) is 10.8. The topological polar surface area (TPSA) is 99.1 Å². The van der Waals surface area contributed by atoms with Crippen LogP contribution < -0.4 is 10.0 Å². The first-order valence-electron chi connectivity index (χ1n) is 6.78. The Kier molecular flexibility index (Phi) is 5.11. The number of hydrogen-bond acceptors (Lipinski definition) is 4. The van der Waals surface area contributed by atoms with Gasteiger partial charge in [-0.3, -0.25) is 4.79 Å². The maximum absolute atomic E-state index is 12.2. The van der Waals surface area contributed by atoms with E-state index in [1.165, 1.54) is 18.2 Å². The van der Waals surface area contributed by atoms with E-state index >= 15 is 0 Å². The Hall–Kier alpha value is -2.69. The third-order valence-corrected chi connectivity index (χ3v) is 4.60. The molecule has 2 aromatic carbocycles. The van der Waals surface area contributed by atoms with Gasteiger partial charge in [0.15, 0.2) is 0 Å². The number of aryl methyl sites for hydroxylation is 1. The first-order valence-corrected chi connectivity index (χ1v) is 8.26. The van der Waals surface area contributed by atoms with Crippen LogP contribution in [0.25, 0.3) is 0 Å². The first-order chi connectivity index (χ1) is 10.9. The Balaban J connectivity index is 2.06. The molecule has 0 heterocycles. The minimum atomic E-state index is -3.93. The van der Waals surface area contributed by atoms with Crippen molar-refractivity contribution in [1.82, 2.24) is 4.72 Å². The van der Waals surface area contributed by atoms with Crippen molar-refractivity contribution >= 4 is 21.6 Å². The van der Waals surface area contributed by atoms with E-state index in [-0.39, 0.29) is 10.5 Å². The molecule has 0 spiro atoms. The molecule has 2 aromatic rings. The van der Waals surface area contributed by atoms with Gasteiger partial charge in [0.25, 0.3) is 0 Å². The molecule has 0 saturated heterocycles. The molecular weight excluding hydrogens is 314 g/mol. The summed E-state index contributed by atoms with van der Waals surface area (Å²) in [7, 11) is -3.93. The molecule has 0 saturated carbocycles. The van der Waals surface area contributed by atoms with Crippen LogP contribution in [-0.4, -0.2) is 20.9 Å². The number of amides is 1. The van der Waals surface area contributed by atoms with Crippen LogP contribution in [-0.2, 0) is 14.8 Å². The second-order valence-electron chi connectivity index (χ2n) is 4.80. The monoisotopic (exact) mass is 329 g/mol. The summed E-state index contributed by atoms with van der Waals surface area (Å²) in [6.07, 6.45) is 0. The van der Waals surface area contributed by atoms with Crippen molar-refractivity contribution in [3.63, 3.8) is 0 Å². The SMILES string of the molecule is Cc1ccccc1NC(=O)CNS(=O)(=O)c1ccccc1C#N. The Morgan fingerprint density at radius 1 is 1.13 bits per heavy atom.